The Labute approximate surface area is 114 Å². The van der Waals surface area contributed by atoms with Crippen LogP contribution in [-0.2, 0) is 6.42 Å². The van der Waals surface area contributed by atoms with Crippen molar-refractivity contribution in [2.24, 2.45) is 0 Å². The van der Waals surface area contributed by atoms with Gasteiger partial charge in [-0.05, 0) is 43.9 Å². The molecule has 0 radical (unpaired) electrons. The fraction of sp³-hybridized carbons (Fsp3) is 0.625. The highest BCUT2D eigenvalue weighted by atomic mass is 19.1. The van der Waals surface area contributed by atoms with Crippen molar-refractivity contribution in [1.29, 1.82) is 0 Å². The summed E-state index contributed by atoms with van der Waals surface area (Å²) in [5.41, 5.74) is 1.02. The van der Waals surface area contributed by atoms with Gasteiger partial charge in [-0.25, -0.2) is 4.39 Å². The predicted octanol–water partition coefficient (Wildman–Crippen LogP) is 3.39. The Hall–Kier alpha value is -1.09. The van der Waals surface area contributed by atoms with E-state index in [2.05, 4.69) is 11.8 Å². The van der Waals surface area contributed by atoms with Gasteiger partial charge in [-0.1, -0.05) is 25.5 Å². The fourth-order valence-corrected chi connectivity index (χ4v) is 3.22. The Morgan fingerprint density at radius 2 is 2.16 bits per heavy atom. The Bertz CT molecular complexity index is 444. The highest BCUT2D eigenvalue weighted by Gasteiger charge is 2.33. The second-order valence-corrected chi connectivity index (χ2v) is 5.72. The predicted molar refractivity (Wildman–Crippen MR) is 74.0 cm³/mol. The first-order valence-electron chi connectivity index (χ1n) is 7.45. The zero-order valence-corrected chi connectivity index (χ0v) is 11.6. The average Bonchev–Trinajstić information content (AvgIpc) is 2.36. The molecule has 3 heteroatoms. The lowest BCUT2D eigenvalue weighted by Crippen LogP contribution is -2.51. The molecule has 0 amide bonds. The van der Waals surface area contributed by atoms with Crippen molar-refractivity contribution in [3.63, 3.8) is 0 Å². The summed E-state index contributed by atoms with van der Waals surface area (Å²) in [5, 5.41) is 0. The van der Waals surface area contributed by atoms with Crippen LogP contribution in [0.2, 0.25) is 0 Å². The summed E-state index contributed by atoms with van der Waals surface area (Å²) in [4.78, 5) is 2.59. The van der Waals surface area contributed by atoms with E-state index in [1.54, 1.807) is 6.07 Å². The van der Waals surface area contributed by atoms with Gasteiger partial charge in [-0.2, -0.15) is 0 Å². The van der Waals surface area contributed by atoms with Crippen LogP contribution in [0.25, 0.3) is 0 Å². The van der Waals surface area contributed by atoms with Crippen LogP contribution in [0.3, 0.4) is 0 Å². The van der Waals surface area contributed by atoms with Crippen LogP contribution >= 0.6 is 0 Å². The first-order chi connectivity index (χ1) is 9.29. The van der Waals surface area contributed by atoms with Crippen molar-refractivity contribution in [3.05, 3.63) is 29.6 Å². The number of fused-ring (bicyclic) bond motifs is 1. The number of para-hydroxylation sites is 1. The standard InChI is InChI=1S/C16H22FNO/c1-2-9-18(13-6-4-7-13)14-10-12-5-3-8-15(17)16(12)19-11-14/h3,5,8,13-14H,2,4,6-7,9-11H2,1H3/t14-/m1/s1. The van der Waals surface area contributed by atoms with E-state index in [9.17, 15) is 4.39 Å². The van der Waals surface area contributed by atoms with Crippen molar-refractivity contribution in [1.82, 2.24) is 4.90 Å². The van der Waals surface area contributed by atoms with E-state index in [0.717, 1.165) is 24.6 Å². The molecule has 3 rings (SSSR count). The third kappa shape index (κ3) is 2.48. The zero-order valence-electron chi connectivity index (χ0n) is 11.6. The molecular formula is C16H22FNO. The minimum atomic E-state index is -0.221. The molecule has 0 N–H and O–H groups in total. The number of ether oxygens (including phenoxy) is 1. The summed E-state index contributed by atoms with van der Waals surface area (Å²) in [6.45, 7) is 3.98. The van der Waals surface area contributed by atoms with Crippen LogP contribution < -0.4 is 4.74 Å². The van der Waals surface area contributed by atoms with Gasteiger partial charge in [0.1, 0.15) is 6.61 Å². The smallest absolute Gasteiger partial charge is 0.165 e. The highest BCUT2D eigenvalue weighted by molar-refractivity contribution is 5.37. The van der Waals surface area contributed by atoms with Gasteiger partial charge >= 0.3 is 0 Å². The lowest BCUT2D eigenvalue weighted by atomic mass is 9.88. The normalized spacial score (nSPS) is 22.8. The molecule has 0 aromatic heterocycles. The van der Waals surface area contributed by atoms with Crippen LogP contribution in [0.15, 0.2) is 18.2 Å². The summed E-state index contributed by atoms with van der Waals surface area (Å²) < 4.78 is 19.3. The largest absolute Gasteiger partial charge is 0.489 e. The van der Waals surface area contributed by atoms with Crippen LogP contribution in [0.5, 0.6) is 5.75 Å². The van der Waals surface area contributed by atoms with E-state index in [1.165, 1.54) is 31.7 Å². The number of hydrogen-bond donors (Lipinski definition) is 0. The van der Waals surface area contributed by atoms with E-state index in [-0.39, 0.29) is 5.82 Å². The van der Waals surface area contributed by atoms with E-state index >= 15 is 0 Å². The molecule has 2 aliphatic rings. The summed E-state index contributed by atoms with van der Waals surface area (Å²) >= 11 is 0. The van der Waals surface area contributed by atoms with Gasteiger partial charge in [0.05, 0.1) is 0 Å². The van der Waals surface area contributed by atoms with Crippen molar-refractivity contribution in [2.45, 2.75) is 51.1 Å². The van der Waals surface area contributed by atoms with Gasteiger partial charge in [0.2, 0.25) is 0 Å². The van der Waals surface area contributed by atoms with Crippen LogP contribution in [0.1, 0.15) is 38.2 Å². The molecule has 1 aromatic rings. The van der Waals surface area contributed by atoms with Gasteiger partial charge < -0.3 is 4.74 Å². The van der Waals surface area contributed by atoms with Crippen LogP contribution in [-0.4, -0.2) is 30.1 Å². The third-order valence-electron chi connectivity index (χ3n) is 4.42. The monoisotopic (exact) mass is 263 g/mol. The summed E-state index contributed by atoms with van der Waals surface area (Å²) in [7, 11) is 0. The molecule has 2 nitrogen and oxygen atoms in total. The molecule has 1 aromatic carbocycles. The van der Waals surface area contributed by atoms with Crippen LogP contribution in [0.4, 0.5) is 4.39 Å². The molecule has 1 aliphatic carbocycles. The Balaban J connectivity index is 1.76. The van der Waals surface area contributed by atoms with Gasteiger partial charge in [0.15, 0.2) is 11.6 Å². The van der Waals surface area contributed by atoms with Gasteiger partial charge in [0, 0.05) is 12.1 Å². The molecule has 1 fully saturated rings. The summed E-state index contributed by atoms with van der Waals surface area (Å²) in [6.07, 6.45) is 6.06. The number of halogens is 1. The first kappa shape index (κ1) is 12.9. The van der Waals surface area contributed by atoms with E-state index in [1.807, 2.05) is 6.07 Å². The van der Waals surface area contributed by atoms with Crippen molar-refractivity contribution < 1.29 is 9.13 Å². The maximum atomic E-state index is 13.6. The van der Waals surface area contributed by atoms with Crippen molar-refractivity contribution in [3.8, 4) is 5.75 Å². The lowest BCUT2D eigenvalue weighted by molar-refractivity contribution is 0.0434. The minimum absolute atomic E-state index is 0.221. The fourth-order valence-electron chi connectivity index (χ4n) is 3.22. The molecule has 0 bridgehead atoms. The van der Waals surface area contributed by atoms with E-state index in [0.29, 0.717) is 18.4 Å². The summed E-state index contributed by atoms with van der Waals surface area (Å²) in [6, 6.07) is 6.40. The number of hydrogen-bond acceptors (Lipinski definition) is 2. The third-order valence-corrected chi connectivity index (χ3v) is 4.42. The SMILES string of the molecule is CCCN(C1CCC1)[C@H]1COc2c(F)cccc2C1. The van der Waals surface area contributed by atoms with Crippen LogP contribution in [0, 0.1) is 5.82 Å². The van der Waals surface area contributed by atoms with Crippen molar-refractivity contribution >= 4 is 0 Å². The number of benzene rings is 1. The highest BCUT2D eigenvalue weighted by Crippen LogP contribution is 2.33. The van der Waals surface area contributed by atoms with Gasteiger partial charge in [0.25, 0.3) is 0 Å². The quantitative estimate of drug-likeness (QED) is 0.825. The van der Waals surface area contributed by atoms with Crippen molar-refractivity contribution in [2.75, 3.05) is 13.2 Å². The lowest BCUT2D eigenvalue weighted by Gasteiger charge is -2.44. The zero-order chi connectivity index (χ0) is 13.2. The van der Waals surface area contributed by atoms with Gasteiger partial charge in [-0.3, -0.25) is 4.90 Å². The molecule has 19 heavy (non-hydrogen) atoms. The topological polar surface area (TPSA) is 12.5 Å². The van der Waals surface area contributed by atoms with Gasteiger partial charge in [-0.15, -0.1) is 0 Å². The molecule has 104 valence electrons. The molecule has 1 atom stereocenters. The van der Waals surface area contributed by atoms with E-state index in [4.69, 9.17) is 4.74 Å². The second kappa shape index (κ2) is 5.49. The maximum absolute atomic E-state index is 13.6. The molecule has 0 saturated heterocycles. The molecular weight excluding hydrogens is 241 g/mol. The number of nitrogens with zero attached hydrogens (tertiary/aromatic N) is 1. The summed E-state index contributed by atoms with van der Waals surface area (Å²) in [5.74, 6) is 0.255. The molecule has 1 heterocycles. The average molecular weight is 263 g/mol. The second-order valence-electron chi connectivity index (χ2n) is 5.72. The molecule has 0 unspecified atom stereocenters. The Morgan fingerprint density at radius 3 is 2.84 bits per heavy atom. The molecule has 1 saturated carbocycles. The maximum Gasteiger partial charge on any atom is 0.165 e. The minimum Gasteiger partial charge on any atom is -0.489 e. The molecule has 0 spiro atoms. The molecule has 1 aliphatic heterocycles. The first-order valence-corrected chi connectivity index (χ1v) is 7.45. The number of rotatable bonds is 4. The Kier molecular flexibility index (Phi) is 3.74. The van der Waals surface area contributed by atoms with E-state index < -0.39 is 0 Å². The Morgan fingerprint density at radius 1 is 1.32 bits per heavy atom.